The van der Waals surface area contributed by atoms with E-state index in [2.05, 4.69) is 0 Å². The van der Waals surface area contributed by atoms with E-state index in [-0.39, 0.29) is 11.8 Å². The highest BCUT2D eigenvalue weighted by Crippen LogP contribution is 2.45. The predicted octanol–water partition coefficient (Wildman–Crippen LogP) is 2.17. The van der Waals surface area contributed by atoms with Crippen molar-refractivity contribution < 1.29 is 23.6 Å². The van der Waals surface area contributed by atoms with Crippen LogP contribution >= 0.6 is 0 Å². The Hall–Kier alpha value is -3.15. The summed E-state index contributed by atoms with van der Waals surface area (Å²) in [5, 5.41) is 0. The first-order valence-corrected chi connectivity index (χ1v) is 9.26. The van der Waals surface area contributed by atoms with E-state index < -0.39 is 5.41 Å². The largest absolute Gasteiger partial charge is 0.493 e. The van der Waals surface area contributed by atoms with Crippen molar-refractivity contribution in [1.82, 2.24) is 0 Å². The highest BCUT2D eigenvalue weighted by atomic mass is 16.5. The summed E-state index contributed by atoms with van der Waals surface area (Å²) in [5.41, 5.74) is 1.55. The average molecular weight is 379 g/mol. The normalized spacial score (nSPS) is 20.5. The highest BCUT2D eigenvalue weighted by Gasteiger charge is 2.63. The first-order chi connectivity index (χ1) is 13.5. The van der Waals surface area contributed by atoms with Crippen LogP contribution in [0.15, 0.2) is 42.5 Å². The van der Waals surface area contributed by atoms with Crippen LogP contribution in [0.5, 0.6) is 11.5 Å². The molecule has 2 aliphatic heterocycles. The van der Waals surface area contributed by atoms with Gasteiger partial charge in [0.1, 0.15) is 0 Å². The molecule has 28 heavy (non-hydrogen) atoms. The molecule has 0 N–H and O–H groups in total. The van der Waals surface area contributed by atoms with Gasteiger partial charge >= 0.3 is 5.91 Å². The minimum absolute atomic E-state index is 0.144. The summed E-state index contributed by atoms with van der Waals surface area (Å²) < 4.78 is 12.3. The van der Waals surface area contributed by atoms with E-state index in [4.69, 9.17) is 9.47 Å². The number of methoxy groups -OCH3 is 2. The molecule has 0 saturated carbocycles. The molecule has 0 radical (unpaired) electrons. The van der Waals surface area contributed by atoms with Crippen molar-refractivity contribution in [2.75, 3.05) is 32.7 Å². The Balaban J connectivity index is 1.55. The molecule has 2 heterocycles. The molecule has 0 unspecified atom stereocenters. The van der Waals surface area contributed by atoms with Gasteiger partial charge in [0, 0.05) is 24.7 Å². The topological polar surface area (TPSA) is 58.9 Å². The van der Waals surface area contributed by atoms with Crippen LogP contribution in [0.2, 0.25) is 0 Å². The first kappa shape index (κ1) is 18.2. The molecule has 4 rings (SSSR count). The van der Waals surface area contributed by atoms with Crippen LogP contribution in [0.4, 0.5) is 5.69 Å². The molecule has 2 amide bonds. The van der Waals surface area contributed by atoms with E-state index in [0.717, 1.165) is 16.8 Å². The van der Waals surface area contributed by atoms with Crippen LogP contribution in [-0.2, 0) is 21.4 Å². The zero-order valence-electron chi connectivity index (χ0n) is 16.3. The van der Waals surface area contributed by atoms with Gasteiger partial charge < -0.3 is 14.4 Å². The van der Waals surface area contributed by atoms with Crippen LogP contribution in [0, 0.1) is 0 Å². The lowest BCUT2D eigenvalue weighted by atomic mass is 9.79. The molecular formula is C22H23N2O4+. The minimum atomic E-state index is -1.11. The number of carbonyl (C=O) groups is 2. The summed E-state index contributed by atoms with van der Waals surface area (Å²) in [4.78, 5) is 27.9. The lowest BCUT2D eigenvalue weighted by molar-refractivity contribution is -0.441. The Kier molecular flexibility index (Phi) is 4.41. The molecule has 2 aromatic rings. The fraction of sp³-hybridized carbons (Fsp3) is 0.318. The molecule has 1 spiro atoms. The number of carbonyl (C=O) groups excluding carboxylic acids is 2. The predicted molar refractivity (Wildman–Crippen MR) is 106 cm³/mol. The summed E-state index contributed by atoms with van der Waals surface area (Å²) in [5.74, 6) is 1.04. The SMILES string of the molecule is COc1ccc(CC[N+]2=CC[C@@]3(C(=O)N(C)c4ccccc43)C2=O)cc1OC. The second-order valence-electron chi connectivity index (χ2n) is 7.11. The van der Waals surface area contributed by atoms with E-state index in [9.17, 15) is 9.59 Å². The fourth-order valence-corrected chi connectivity index (χ4v) is 4.18. The van der Waals surface area contributed by atoms with E-state index in [1.165, 1.54) is 0 Å². The number of para-hydroxylation sites is 1. The van der Waals surface area contributed by atoms with E-state index in [1.807, 2.05) is 48.7 Å². The molecule has 6 nitrogen and oxygen atoms in total. The Morgan fingerprint density at radius 3 is 2.57 bits per heavy atom. The molecule has 0 fully saturated rings. The smallest absolute Gasteiger partial charge is 0.407 e. The Morgan fingerprint density at radius 2 is 1.82 bits per heavy atom. The second-order valence-corrected chi connectivity index (χ2v) is 7.11. The summed E-state index contributed by atoms with van der Waals surface area (Å²) in [7, 11) is 4.93. The lowest BCUT2D eigenvalue weighted by Crippen LogP contribution is -2.45. The number of hydrogen-bond donors (Lipinski definition) is 0. The zero-order chi connectivity index (χ0) is 19.9. The quantitative estimate of drug-likeness (QED) is 0.590. The van der Waals surface area contributed by atoms with E-state index in [0.29, 0.717) is 30.9 Å². The molecular weight excluding hydrogens is 356 g/mol. The molecule has 2 aliphatic rings. The number of likely N-dealkylation sites (N-methyl/N-ethyl adjacent to an activating group) is 1. The number of rotatable bonds is 5. The molecule has 0 saturated heterocycles. The number of anilines is 1. The van der Waals surface area contributed by atoms with Crippen molar-refractivity contribution in [3.8, 4) is 11.5 Å². The number of amides is 2. The standard InChI is InChI=1S/C22H23N2O4/c1-23-17-7-5-4-6-16(17)22(20(23)25)11-13-24(21(22)26)12-10-15-8-9-18(27-2)19(14-15)28-3/h4-9,13-14H,10-12H2,1-3H3/q+1/t22-/m1/s1. The number of nitrogens with zero attached hydrogens (tertiary/aromatic N) is 2. The lowest BCUT2D eigenvalue weighted by Gasteiger charge is -2.16. The summed E-state index contributed by atoms with van der Waals surface area (Å²) in [6.45, 7) is 0.509. The maximum absolute atomic E-state index is 13.3. The number of benzene rings is 2. The van der Waals surface area contributed by atoms with Gasteiger partial charge in [-0.25, -0.2) is 4.79 Å². The number of fused-ring (bicyclic) bond motifs is 2. The Morgan fingerprint density at radius 1 is 1.07 bits per heavy atom. The molecule has 1 atom stereocenters. The molecule has 0 aromatic heterocycles. The first-order valence-electron chi connectivity index (χ1n) is 9.26. The number of hydrogen-bond acceptors (Lipinski definition) is 4. The van der Waals surface area contributed by atoms with Gasteiger partial charge in [0.15, 0.2) is 24.3 Å². The second kappa shape index (κ2) is 6.78. The molecule has 0 bridgehead atoms. The van der Waals surface area contributed by atoms with Gasteiger partial charge in [-0.15, -0.1) is 0 Å². The van der Waals surface area contributed by atoms with Gasteiger partial charge in [-0.1, -0.05) is 24.3 Å². The molecule has 144 valence electrons. The van der Waals surface area contributed by atoms with Crippen LogP contribution in [0.25, 0.3) is 0 Å². The van der Waals surface area contributed by atoms with Crippen LogP contribution < -0.4 is 14.4 Å². The van der Waals surface area contributed by atoms with Crippen LogP contribution in [0.3, 0.4) is 0 Å². The maximum atomic E-state index is 13.3. The summed E-state index contributed by atoms with van der Waals surface area (Å²) >= 11 is 0. The Labute approximate surface area is 164 Å². The van der Waals surface area contributed by atoms with Gasteiger partial charge in [0.25, 0.3) is 5.91 Å². The minimum Gasteiger partial charge on any atom is -0.493 e. The third-order valence-electron chi connectivity index (χ3n) is 5.73. The molecule has 2 aromatic carbocycles. The van der Waals surface area contributed by atoms with Crippen molar-refractivity contribution in [3.63, 3.8) is 0 Å². The van der Waals surface area contributed by atoms with Gasteiger partial charge in [-0.2, -0.15) is 4.58 Å². The van der Waals surface area contributed by atoms with Crippen LogP contribution in [-0.4, -0.2) is 50.4 Å². The Bertz CT molecular complexity index is 998. The molecule has 6 heteroatoms. The number of ether oxygens (including phenoxy) is 2. The van der Waals surface area contributed by atoms with Crippen LogP contribution in [0.1, 0.15) is 17.5 Å². The van der Waals surface area contributed by atoms with Gasteiger partial charge in [0.2, 0.25) is 5.41 Å². The zero-order valence-corrected chi connectivity index (χ0v) is 16.3. The fourth-order valence-electron chi connectivity index (χ4n) is 4.18. The van der Waals surface area contributed by atoms with Crippen molar-refractivity contribution in [2.45, 2.75) is 18.3 Å². The van der Waals surface area contributed by atoms with Crippen molar-refractivity contribution in [3.05, 3.63) is 53.6 Å². The average Bonchev–Trinajstić information content (AvgIpc) is 3.17. The third kappa shape index (κ3) is 2.52. The summed E-state index contributed by atoms with van der Waals surface area (Å²) in [6, 6.07) is 13.3. The van der Waals surface area contributed by atoms with E-state index >= 15 is 0 Å². The van der Waals surface area contributed by atoms with Gasteiger partial charge in [0.05, 0.1) is 20.6 Å². The van der Waals surface area contributed by atoms with Gasteiger partial charge in [-0.3, -0.25) is 4.79 Å². The maximum Gasteiger partial charge on any atom is 0.407 e. The van der Waals surface area contributed by atoms with Crippen molar-refractivity contribution >= 4 is 23.7 Å². The van der Waals surface area contributed by atoms with Crippen molar-refractivity contribution in [2.24, 2.45) is 0 Å². The van der Waals surface area contributed by atoms with E-state index in [1.54, 1.807) is 30.7 Å². The summed E-state index contributed by atoms with van der Waals surface area (Å²) in [6.07, 6.45) is 2.92. The molecule has 0 aliphatic carbocycles. The van der Waals surface area contributed by atoms with Crippen molar-refractivity contribution in [1.29, 1.82) is 0 Å². The third-order valence-corrected chi connectivity index (χ3v) is 5.73. The van der Waals surface area contributed by atoms with Gasteiger partial charge in [-0.05, 0) is 23.8 Å². The highest BCUT2D eigenvalue weighted by molar-refractivity contribution is 6.22. The monoisotopic (exact) mass is 379 g/mol.